The maximum atomic E-state index is 12.6. The molecule has 0 aliphatic carbocycles. The molecule has 0 unspecified atom stereocenters. The van der Waals surface area contributed by atoms with E-state index in [-0.39, 0.29) is 5.75 Å². The maximum Gasteiger partial charge on any atom is 0.218 e. The van der Waals surface area contributed by atoms with E-state index in [1.165, 1.54) is 6.33 Å². The van der Waals surface area contributed by atoms with Crippen LogP contribution in [0.2, 0.25) is 0 Å². The van der Waals surface area contributed by atoms with Crippen molar-refractivity contribution in [2.24, 2.45) is 0 Å². The zero-order valence-electron chi connectivity index (χ0n) is 13.8. The van der Waals surface area contributed by atoms with Crippen LogP contribution in [0, 0.1) is 6.92 Å². The Morgan fingerprint density at radius 3 is 2.54 bits per heavy atom. The summed E-state index contributed by atoms with van der Waals surface area (Å²) in [6.45, 7) is 3.72. The Balaban J connectivity index is 1.73. The molecule has 1 aliphatic rings. The predicted octanol–water partition coefficient (Wildman–Crippen LogP) is 2.32. The molecule has 1 aliphatic heterocycles. The summed E-state index contributed by atoms with van der Waals surface area (Å²) in [7, 11) is -3.25. The van der Waals surface area contributed by atoms with E-state index < -0.39 is 10.0 Å². The summed E-state index contributed by atoms with van der Waals surface area (Å²) < 4.78 is 26.7. The van der Waals surface area contributed by atoms with Crippen molar-refractivity contribution in [2.75, 3.05) is 18.4 Å². The third-order valence-corrected chi connectivity index (χ3v) is 6.01. The van der Waals surface area contributed by atoms with Crippen molar-refractivity contribution in [2.45, 2.75) is 32.1 Å². The molecule has 24 heavy (non-hydrogen) atoms. The molecule has 2 aromatic rings. The molecule has 1 fully saturated rings. The lowest BCUT2D eigenvalue weighted by Crippen LogP contribution is -2.29. The number of aryl methyl sites for hydroxylation is 1. The zero-order chi connectivity index (χ0) is 17.0. The van der Waals surface area contributed by atoms with E-state index in [0.717, 1.165) is 35.5 Å². The van der Waals surface area contributed by atoms with Crippen LogP contribution >= 0.6 is 0 Å². The fourth-order valence-corrected chi connectivity index (χ4v) is 4.53. The van der Waals surface area contributed by atoms with Gasteiger partial charge in [-0.25, -0.2) is 22.7 Å². The van der Waals surface area contributed by atoms with Crippen LogP contribution in [0.4, 0.5) is 5.82 Å². The highest BCUT2D eigenvalue weighted by atomic mass is 32.2. The van der Waals surface area contributed by atoms with E-state index in [1.54, 1.807) is 4.31 Å². The fourth-order valence-electron chi connectivity index (χ4n) is 2.86. The van der Waals surface area contributed by atoms with E-state index in [2.05, 4.69) is 15.3 Å². The molecule has 1 saturated heterocycles. The summed E-state index contributed by atoms with van der Waals surface area (Å²) >= 11 is 0. The number of rotatable bonds is 6. The molecule has 0 bridgehead atoms. The molecule has 0 amide bonds. The molecule has 3 rings (SSSR count). The number of hydrogen-bond donors (Lipinski definition) is 1. The number of nitrogens with zero attached hydrogens (tertiary/aromatic N) is 3. The van der Waals surface area contributed by atoms with Gasteiger partial charge in [-0.15, -0.1) is 0 Å². The van der Waals surface area contributed by atoms with Crippen molar-refractivity contribution in [3.63, 3.8) is 0 Å². The van der Waals surface area contributed by atoms with Crippen molar-refractivity contribution in [3.8, 4) is 0 Å². The monoisotopic (exact) mass is 346 g/mol. The molecule has 128 valence electrons. The Morgan fingerprint density at radius 2 is 1.83 bits per heavy atom. The maximum absolute atomic E-state index is 12.6. The van der Waals surface area contributed by atoms with E-state index in [9.17, 15) is 8.42 Å². The Bertz CT molecular complexity index is 802. The average molecular weight is 346 g/mol. The first-order chi connectivity index (χ1) is 11.5. The summed E-state index contributed by atoms with van der Waals surface area (Å²) in [6, 6.07) is 9.51. The normalized spacial score (nSPS) is 15.5. The van der Waals surface area contributed by atoms with Gasteiger partial charge in [-0.3, -0.25) is 0 Å². The first-order valence-electron chi connectivity index (χ1n) is 8.12. The van der Waals surface area contributed by atoms with Gasteiger partial charge in [-0.1, -0.05) is 24.3 Å². The van der Waals surface area contributed by atoms with Gasteiger partial charge in [0.2, 0.25) is 10.0 Å². The molecule has 1 N–H and O–H groups in total. The topological polar surface area (TPSA) is 75.2 Å². The predicted molar refractivity (Wildman–Crippen MR) is 94.0 cm³/mol. The van der Waals surface area contributed by atoms with Crippen molar-refractivity contribution in [1.29, 1.82) is 0 Å². The minimum atomic E-state index is -3.25. The number of nitrogens with one attached hydrogen (secondary N) is 1. The zero-order valence-corrected chi connectivity index (χ0v) is 14.6. The van der Waals surface area contributed by atoms with E-state index in [4.69, 9.17) is 0 Å². The van der Waals surface area contributed by atoms with Crippen molar-refractivity contribution >= 4 is 15.8 Å². The lowest BCUT2D eigenvalue weighted by atomic mass is 10.1. The molecular weight excluding hydrogens is 324 g/mol. The summed E-state index contributed by atoms with van der Waals surface area (Å²) in [5.74, 6) is 0.785. The quantitative estimate of drug-likeness (QED) is 0.869. The van der Waals surface area contributed by atoms with Crippen LogP contribution < -0.4 is 5.32 Å². The molecule has 0 atom stereocenters. The SMILES string of the molecule is Cc1cc(NCc2ccccc2CS(=O)(=O)N2CCCC2)ncn1. The second kappa shape index (κ2) is 7.27. The van der Waals surface area contributed by atoms with Gasteiger partial charge in [-0.2, -0.15) is 0 Å². The second-order valence-electron chi connectivity index (χ2n) is 6.03. The van der Waals surface area contributed by atoms with Crippen LogP contribution in [-0.2, 0) is 22.3 Å². The average Bonchev–Trinajstić information content (AvgIpc) is 3.09. The van der Waals surface area contributed by atoms with Crippen LogP contribution in [-0.4, -0.2) is 35.8 Å². The third kappa shape index (κ3) is 4.10. The molecule has 0 saturated carbocycles. The number of hydrogen-bond acceptors (Lipinski definition) is 5. The Hall–Kier alpha value is -1.99. The number of benzene rings is 1. The lowest BCUT2D eigenvalue weighted by molar-refractivity contribution is 0.476. The summed E-state index contributed by atoms with van der Waals surface area (Å²) in [6.07, 6.45) is 3.42. The number of anilines is 1. The highest BCUT2D eigenvalue weighted by Crippen LogP contribution is 2.20. The number of aromatic nitrogens is 2. The number of sulfonamides is 1. The Morgan fingerprint density at radius 1 is 1.12 bits per heavy atom. The van der Waals surface area contributed by atoms with E-state index in [0.29, 0.717) is 19.6 Å². The van der Waals surface area contributed by atoms with Gasteiger partial charge in [-0.05, 0) is 30.9 Å². The van der Waals surface area contributed by atoms with Gasteiger partial charge in [0.1, 0.15) is 12.1 Å². The van der Waals surface area contributed by atoms with Gasteiger partial charge in [0.25, 0.3) is 0 Å². The Kier molecular flexibility index (Phi) is 5.11. The van der Waals surface area contributed by atoms with Crippen LogP contribution in [0.5, 0.6) is 0 Å². The summed E-state index contributed by atoms with van der Waals surface area (Å²) in [5, 5.41) is 3.24. The van der Waals surface area contributed by atoms with Crippen LogP contribution in [0.3, 0.4) is 0 Å². The van der Waals surface area contributed by atoms with Gasteiger partial charge < -0.3 is 5.32 Å². The third-order valence-electron chi connectivity index (χ3n) is 4.18. The summed E-state index contributed by atoms with van der Waals surface area (Å²) in [4.78, 5) is 8.24. The molecule has 0 spiro atoms. The lowest BCUT2D eigenvalue weighted by Gasteiger charge is -2.17. The standard InChI is InChI=1S/C17H22N4O2S/c1-14-10-17(20-13-19-14)18-11-15-6-2-3-7-16(15)12-24(22,23)21-8-4-5-9-21/h2-3,6-7,10,13H,4-5,8-9,11-12H2,1H3,(H,18,19,20). The smallest absolute Gasteiger partial charge is 0.218 e. The van der Waals surface area contributed by atoms with Gasteiger partial charge in [0, 0.05) is 31.4 Å². The van der Waals surface area contributed by atoms with Gasteiger partial charge in [0.05, 0.1) is 5.75 Å². The van der Waals surface area contributed by atoms with Crippen molar-refractivity contribution in [1.82, 2.24) is 14.3 Å². The first-order valence-corrected chi connectivity index (χ1v) is 9.73. The highest BCUT2D eigenvalue weighted by molar-refractivity contribution is 7.88. The van der Waals surface area contributed by atoms with Gasteiger partial charge >= 0.3 is 0 Å². The summed E-state index contributed by atoms with van der Waals surface area (Å²) in [5.41, 5.74) is 2.69. The molecule has 6 nitrogen and oxygen atoms in total. The van der Waals surface area contributed by atoms with Gasteiger partial charge in [0.15, 0.2) is 0 Å². The van der Waals surface area contributed by atoms with Crippen LogP contribution in [0.1, 0.15) is 29.7 Å². The molecule has 2 heterocycles. The Labute approximate surface area is 143 Å². The minimum Gasteiger partial charge on any atom is -0.366 e. The first kappa shape index (κ1) is 16.9. The largest absolute Gasteiger partial charge is 0.366 e. The minimum absolute atomic E-state index is 0.0493. The van der Waals surface area contributed by atoms with E-state index in [1.807, 2.05) is 37.3 Å². The second-order valence-corrected chi connectivity index (χ2v) is 8.00. The molecule has 0 radical (unpaired) electrons. The van der Waals surface area contributed by atoms with Crippen molar-refractivity contribution < 1.29 is 8.42 Å². The fraction of sp³-hybridized carbons (Fsp3) is 0.412. The van der Waals surface area contributed by atoms with Crippen LogP contribution in [0.25, 0.3) is 0 Å². The molecule has 1 aromatic heterocycles. The molecule has 7 heteroatoms. The van der Waals surface area contributed by atoms with Crippen LogP contribution in [0.15, 0.2) is 36.7 Å². The molecular formula is C17H22N4O2S. The molecule has 1 aromatic carbocycles. The van der Waals surface area contributed by atoms with E-state index >= 15 is 0 Å². The highest BCUT2D eigenvalue weighted by Gasteiger charge is 2.26. The van der Waals surface area contributed by atoms with Crippen molar-refractivity contribution in [3.05, 3.63) is 53.5 Å².